The van der Waals surface area contributed by atoms with Gasteiger partial charge < -0.3 is 35.4 Å². The molecule has 1 aromatic carbocycles. The summed E-state index contributed by atoms with van der Waals surface area (Å²) in [6.07, 6.45) is -0.910. The summed E-state index contributed by atoms with van der Waals surface area (Å²) in [6, 6.07) is 6.98. The zero-order valence-electron chi connectivity index (χ0n) is 20.3. The van der Waals surface area contributed by atoms with E-state index in [4.69, 9.17) is 14.9 Å². The molecule has 2 heterocycles. The maximum absolute atomic E-state index is 13.2. The Morgan fingerprint density at radius 2 is 1.70 bits per heavy atom. The summed E-state index contributed by atoms with van der Waals surface area (Å²) in [4.78, 5) is 67.4. The molecule has 1 aliphatic rings. The predicted octanol–water partition coefficient (Wildman–Crippen LogP) is 0.995. The van der Waals surface area contributed by atoms with Crippen molar-refractivity contribution in [2.45, 2.75) is 25.8 Å². The van der Waals surface area contributed by atoms with Gasteiger partial charge in [-0.25, -0.2) is 9.78 Å². The first-order valence-electron chi connectivity index (χ1n) is 11.8. The Morgan fingerprint density at radius 1 is 1.00 bits per heavy atom. The molecule has 1 saturated heterocycles. The highest BCUT2D eigenvalue weighted by molar-refractivity contribution is 6.00. The maximum Gasteiger partial charge on any atom is 0.409 e. The summed E-state index contributed by atoms with van der Waals surface area (Å²) < 4.78 is 4.98. The highest BCUT2D eigenvalue weighted by Gasteiger charge is 2.31. The van der Waals surface area contributed by atoms with E-state index in [1.54, 1.807) is 31.2 Å². The van der Waals surface area contributed by atoms with Crippen molar-refractivity contribution in [3.05, 3.63) is 36.0 Å². The number of nitrogens with one attached hydrogen (secondary N) is 2. The number of hydrogen-bond donors (Lipinski definition) is 4. The van der Waals surface area contributed by atoms with E-state index in [1.807, 2.05) is 0 Å². The molecule has 0 bridgehead atoms. The summed E-state index contributed by atoms with van der Waals surface area (Å²) in [5.74, 6) is -3.23. The number of nitrogens with zero attached hydrogens (tertiary/aromatic N) is 3. The van der Waals surface area contributed by atoms with Crippen LogP contribution in [-0.2, 0) is 19.1 Å². The normalized spacial score (nSPS) is 14.1. The second kappa shape index (κ2) is 12.5. The average Bonchev–Trinajstić information content (AvgIpc) is 2.89. The van der Waals surface area contributed by atoms with Crippen molar-refractivity contribution in [3.8, 4) is 0 Å². The molecular weight excluding hydrogens is 486 g/mol. The minimum Gasteiger partial charge on any atom is -0.481 e. The largest absolute Gasteiger partial charge is 0.481 e. The number of pyridine rings is 1. The molecule has 3 rings (SSSR count). The predicted molar refractivity (Wildman–Crippen MR) is 131 cm³/mol. The number of benzene rings is 1. The van der Waals surface area contributed by atoms with Gasteiger partial charge in [0.15, 0.2) is 0 Å². The van der Waals surface area contributed by atoms with Crippen molar-refractivity contribution >= 4 is 46.4 Å². The summed E-state index contributed by atoms with van der Waals surface area (Å²) >= 11 is 0. The zero-order chi connectivity index (χ0) is 26.9. The number of carboxylic acids is 2. The number of anilines is 1. The number of carbonyl (C=O) groups is 5. The van der Waals surface area contributed by atoms with Crippen molar-refractivity contribution in [1.29, 1.82) is 0 Å². The first kappa shape index (κ1) is 27.2. The van der Waals surface area contributed by atoms with Crippen LogP contribution in [0.2, 0.25) is 0 Å². The number of hydrogen-bond acceptors (Lipinski definition) is 8. The average molecular weight is 516 g/mol. The number of rotatable bonds is 10. The Hall–Kier alpha value is -4.42. The Kier molecular flexibility index (Phi) is 9.19. The lowest BCUT2D eigenvalue weighted by atomic mass is 10.1. The van der Waals surface area contributed by atoms with Crippen molar-refractivity contribution in [2.75, 3.05) is 44.6 Å². The van der Waals surface area contributed by atoms with E-state index in [2.05, 4.69) is 15.6 Å². The maximum atomic E-state index is 13.2. The van der Waals surface area contributed by atoms with Gasteiger partial charge in [-0.2, -0.15) is 0 Å². The zero-order valence-corrected chi connectivity index (χ0v) is 20.3. The Labute approximate surface area is 212 Å². The standard InChI is InChI=1S/C24H29N5O8/c1-2-37-24(36)29-12-10-28(11-13-29)23(35)19(8-9-20(30)31)27-22(34)18-7-6-15-16(25-14-21(32)33)4-3-5-17(15)26-18/h3-7,19,25H,2,8-14H2,1H3,(H,27,34)(H,30,31)(H,32,33). The molecule has 4 N–H and O–H groups in total. The number of fused-ring (bicyclic) bond motifs is 1. The molecule has 1 aromatic heterocycles. The number of ether oxygens (including phenoxy) is 1. The summed E-state index contributed by atoms with van der Waals surface area (Å²) in [5, 5.41) is 24.0. The number of piperazine rings is 1. The van der Waals surface area contributed by atoms with E-state index >= 15 is 0 Å². The van der Waals surface area contributed by atoms with Gasteiger partial charge >= 0.3 is 18.0 Å². The van der Waals surface area contributed by atoms with E-state index in [-0.39, 0.29) is 57.9 Å². The molecule has 0 saturated carbocycles. The van der Waals surface area contributed by atoms with Crippen molar-refractivity contribution in [2.24, 2.45) is 0 Å². The van der Waals surface area contributed by atoms with Crippen molar-refractivity contribution in [1.82, 2.24) is 20.1 Å². The first-order valence-corrected chi connectivity index (χ1v) is 11.8. The summed E-state index contributed by atoms with van der Waals surface area (Å²) in [6.45, 7) is 2.61. The van der Waals surface area contributed by atoms with Crippen LogP contribution in [0, 0.1) is 0 Å². The van der Waals surface area contributed by atoms with Gasteiger partial charge in [0.25, 0.3) is 5.91 Å². The molecule has 1 aliphatic heterocycles. The number of amides is 3. The lowest BCUT2D eigenvalue weighted by Crippen LogP contribution is -2.56. The van der Waals surface area contributed by atoms with Gasteiger partial charge in [0.1, 0.15) is 18.3 Å². The topological polar surface area (TPSA) is 178 Å². The molecule has 0 radical (unpaired) electrons. The minimum atomic E-state index is -1.11. The first-order chi connectivity index (χ1) is 17.7. The van der Waals surface area contributed by atoms with Gasteiger partial charge in [0.05, 0.1) is 12.1 Å². The van der Waals surface area contributed by atoms with Gasteiger partial charge in [-0.1, -0.05) is 6.07 Å². The van der Waals surface area contributed by atoms with Gasteiger partial charge in [0, 0.05) is 43.7 Å². The van der Waals surface area contributed by atoms with E-state index in [0.717, 1.165) is 0 Å². The van der Waals surface area contributed by atoms with E-state index in [9.17, 15) is 24.0 Å². The quantitative estimate of drug-likeness (QED) is 0.357. The number of carbonyl (C=O) groups excluding carboxylic acids is 3. The molecule has 1 fully saturated rings. The Bertz CT molecular complexity index is 1180. The van der Waals surface area contributed by atoms with Gasteiger partial charge in [-0.15, -0.1) is 0 Å². The highest BCUT2D eigenvalue weighted by Crippen LogP contribution is 2.22. The van der Waals surface area contributed by atoms with Crippen LogP contribution in [0.25, 0.3) is 10.9 Å². The van der Waals surface area contributed by atoms with Crippen LogP contribution in [0.1, 0.15) is 30.3 Å². The lowest BCUT2D eigenvalue weighted by molar-refractivity contribution is -0.138. The molecule has 2 aromatic rings. The van der Waals surface area contributed by atoms with Crippen LogP contribution in [0.4, 0.5) is 10.5 Å². The monoisotopic (exact) mass is 515 g/mol. The highest BCUT2D eigenvalue weighted by atomic mass is 16.6. The molecule has 3 amide bonds. The SMILES string of the molecule is CCOC(=O)N1CCN(C(=O)C(CCC(=O)O)NC(=O)c2ccc3c(NCC(=O)O)cccc3n2)CC1. The Morgan fingerprint density at radius 3 is 2.35 bits per heavy atom. The molecule has 0 spiro atoms. The molecule has 13 nitrogen and oxygen atoms in total. The second-order valence-electron chi connectivity index (χ2n) is 8.29. The lowest BCUT2D eigenvalue weighted by Gasteiger charge is -2.35. The Balaban J connectivity index is 1.72. The third-order valence-corrected chi connectivity index (χ3v) is 5.76. The minimum absolute atomic E-state index is 0.0168. The fourth-order valence-corrected chi connectivity index (χ4v) is 3.91. The van der Waals surface area contributed by atoms with Crippen molar-refractivity contribution < 1.29 is 38.9 Å². The molecule has 198 valence electrons. The number of carboxylic acid groups (broad SMARTS) is 2. The number of aliphatic carboxylic acids is 2. The van der Waals surface area contributed by atoms with Gasteiger partial charge in [-0.3, -0.25) is 19.2 Å². The van der Waals surface area contributed by atoms with Gasteiger partial charge in [-0.05, 0) is 37.6 Å². The number of aromatic nitrogens is 1. The van der Waals surface area contributed by atoms with Crippen LogP contribution in [-0.4, -0.2) is 100 Å². The van der Waals surface area contributed by atoms with Crippen LogP contribution in [0.3, 0.4) is 0 Å². The van der Waals surface area contributed by atoms with E-state index < -0.39 is 35.9 Å². The third-order valence-electron chi connectivity index (χ3n) is 5.76. The fraction of sp³-hybridized carbons (Fsp3) is 0.417. The molecule has 37 heavy (non-hydrogen) atoms. The van der Waals surface area contributed by atoms with Crippen LogP contribution in [0.5, 0.6) is 0 Å². The molecule has 13 heteroatoms. The smallest absolute Gasteiger partial charge is 0.409 e. The van der Waals surface area contributed by atoms with Crippen LogP contribution >= 0.6 is 0 Å². The van der Waals surface area contributed by atoms with Gasteiger partial charge in [0.2, 0.25) is 5.91 Å². The molecule has 0 aliphatic carbocycles. The van der Waals surface area contributed by atoms with E-state index in [0.29, 0.717) is 16.6 Å². The van der Waals surface area contributed by atoms with E-state index in [1.165, 1.54) is 15.9 Å². The molecular formula is C24H29N5O8. The molecule has 1 unspecified atom stereocenters. The molecule has 1 atom stereocenters. The summed E-state index contributed by atoms with van der Waals surface area (Å²) in [5.41, 5.74) is 0.991. The summed E-state index contributed by atoms with van der Waals surface area (Å²) in [7, 11) is 0. The second-order valence-corrected chi connectivity index (χ2v) is 8.29. The third kappa shape index (κ3) is 7.29. The van der Waals surface area contributed by atoms with Crippen LogP contribution in [0.15, 0.2) is 30.3 Å². The van der Waals surface area contributed by atoms with Crippen LogP contribution < -0.4 is 10.6 Å². The van der Waals surface area contributed by atoms with Crippen molar-refractivity contribution in [3.63, 3.8) is 0 Å². The fourth-order valence-electron chi connectivity index (χ4n) is 3.91.